The van der Waals surface area contributed by atoms with Crippen molar-refractivity contribution in [1.29, 1.82) is 0 Å². The third kappa shape index (κ3) is 3.88. The van der Waals surface area contributed by atoms with E-state index in [0.29, 0.717) is 16.2 Å². The first-order valence-electron chi connectivity index (χ1n) is 6.06. The minimum absolute atomic E-state index is 0.292. The molecule has 0 spiro atoms. The van der Waals surface area contributed by atoms with E-state index in [9.17, 15) is 14.0 Å². The van der Waals surface area contributed by atoms with E-state index in [-0.39, 0.29) is 0 Å². The van der Waals surface area contributed by atoms with E-state index >= 15 is 0 Å². The summed E-state index contributed by atoms with van der Waals surface area (Å²) in [6.45, 7) is -0.396. The Morgan fingerprint density at radius 1 is 1.24 bits per heavy atom. The predicted octanol–water partition coefficient (Wildman–Crippen LogP) is 2.98. The van der Waals surface area contributed by atoms with Gasteiger partial charge in [0.1, 0.15) is 10.8 Å². The average molecular weight is 305 g/mol. The van der Waals surface area contributed by atoms with Crippen molar-refractivity contribution in [2.24, 2.45) is 0 Å². The van der Waals surface area contributed by atoms with E-state index in [4.69, 9.17) is 4.74 Å². The summed E-state index contributed by atoms with van der Waals surface area (Å²) in [7, 11) is 0. The molecule has 4 nitrogen and oxygen atoms in total. The Morgan fingerprint density at radius 3 is 2.62 bits per heavy atom. The smallest absolute Gasteiger partial charge is 0.341 e. The third-order valence-electron chi connectivity index (χ3n) is 2.68. The highest BCUT2D eigenvalue weighted by atomic mass is 32.2. The Hall–Kier alpha value is -2.21. The highest BCUT2D eigenvalue weighted by Gasteiger charge is 2.15. The SMILES string of the molecule is CSc1ncccc1C(=O)OCC(=O)c1ccc(F)cc1. The molecular weight excluding hydrogens is 293 g/mol. The quantitative estimate of drug-likeness (QED) is 0.483. The van der Waals surface area contributed by atoms with E-state index in [1.54, 1.807) is 24.6 Å². The number of rotatable bonds is 5. The van der Waals surface area contributed by atoms with Gasteiger partial charge in [0.25, 0.3) is 0 Å². The van der Waals surface area contributed by atoms with Crippen LogP contribution < -0.4 is 0 Å². The number of benzene rings is 1. The lowest BCUT2D eigenvalue weighted by atomic mass is 10.1. The van der Waals surface area contributed by atoms with Crippen LogP contribution in [0.25, 0.3) is 0 Å². The van der Waals surface area contributed by atoms with Crippen molar-refractivity contribution >= 4 is 23.5 Å². The monoisotopic (exact) mass is 305 g/mol. The largest absolute Gasteiger partial charge is 0.454 e. The molecule has 0 fully saturated rings. The second-order valence-electron chi connectivity index (χ2n) is 4.07. The first-order chi connectivity index (χ1) is 10.1. The fourth-order valence-corrected chi connectivity index (χ4v) is 2.17. The summed E-state index contributed by atoms with van der Waals surface area (Å²) >= 11 is 1.32. The first-order valence-corrected chi connectivity index (χ1v) is 7.29. The fraction of sp³-hybridized carbons (Fsp3) is 0.133. The second-order valence-corrected chi connectivity index (χ2v) is 4.86. The predicted molar refractivity (Wildman–Crippen MR) is 77.0 cm³/mol. The number of hydrogen-bond acceptors (Lipinski definition) is 5. The number of pyridine rings is 1. The van der Waals surface area contributed by atoms with Gasteiger partial charge >= 0.3 is 5.97 Å². The van der Waals surface area contributed by atoms with Crippen LogP contribution in [0.2, 0.25) is 0 Å². The van der Waals surface area contributed by atoms with E-state index in [0.717, 1.165) is 0 Å². The van der Waals surface area contributed by atoms with Crippen molar-refractivity contribution in [3.8, 4) is 0 Å². The maximum atomic E-state index is 12.8. The highest BCUT2D eigenvalue weighted by Crippen LogP contribution is 2.17. The molecule has 21 heavy (non-hydrogen) atoms. The molecule has 2 aromatic rings. The Morgan fingerprint density at radius 2 is 1.95 bits per heavy atom. The number of carbonyl (C=O) groups excluding carboxylic acids is 2. The summed E-state index contributed by atoms with van der Waals surface area (Å²) in [5, 5.41) is 0.539. The molecule has 6 heteroatoms. The lowest BCUT2D eigenvalue weighted by Crippen LogP contribution is -2.15. The number of nitrogens with zero attached hydrogens (tertiary/aromatic N) is 1. The van der Waals surface area contributed by atoms with Crippen LogP contribution in [0.4, 0.5) is 4.39 Å². The molecule has 108 valence electrons. The molecule has 0 aliphatic heterocycles. The summed E-state index contributed by atoms with van der Waals surface area (Å²) < 4.78 is 17.7. The Labute approximate surface area is 125 Å². The zero-order chi connectivity index (χ0) is 15.2. The van der Waals surface area contributed by atoms with Crippen LogP contribution >= 0.6 is 11.8 Å². The molecule has 0 aliphatic carbocycles. The van der Waals surface area contributed by atoms with Gasteiger partial charge in [-0.05, 0) is 42.7 Å². The van der Waals surface area contributed by atoms with Gasteiger partial charge in [-0.3, -0.25) is 4.79 Å². The highest BCUT2D eigenvalue weighted by molar-refractivity contribution is 7.98. The zero-order valence-electron chi connectivity index (χ0n) is 11.2. The van der Waals surface area contributed by atoms with Gasteiger partial charge < -0.3 is 4.74 Å². The number of ether oxygens (including phenoxy) is 1. The van der Waals surface area contributed by atoms with Gasteiger partial charge in [0.2, 0.25) is 0 Å². The molecule has 0 N–H and O–H groups in total. The van der Waals surface area contributed by atoms with Gasteiger partial charge in [0.05, 0.1) is 5.56 Å². The Bertz CT molecular complexity index is 658. The number of halogens is 1. The summed E-state index contributed by atoms with van der Waals surface area (Å²) in [4.78, 5) is 27.8. The number of thioether (sulfide) groups is 1. The fourth-order valence-electron chi connectivity index (χ4n) is 1.64. The molecule has 0 bridgehead atoms. The molecule has 0 unspecified atom stereocenters. The van der Waals surface area contributed by atoms with Crippen LogP contribution in [0.15, 0.2) is 47.6 Å². The lowest BCUT2D eigenvalue weighted by Gasteiger charge is -2.06. The van der Waals surface area contributed by atoms with E-state index < -0.39 is 24.2 Å². The van der Waals surface area contributed by atoms with Gasteiger partial charge in [0, 0.05) is 11.8 Å². The van der Waals surface area contributed by atoms with E-state index in [1.807, 2.05) is 0 Å². The van der Waals surface area contributed by atoms with Crippen LogP contribution in [-0.2, 0) is 4.74 Å². The number of hydrogen-bond donors (Lipinski definition) is 0. The van der Waals surface area contributed by atoms with Crippen LogP contribution in [-0.4, -0.2) is 29.6 Å². The molecule has 0 saturated heterocycles. The molecule has 0 radical (unpaired) electrons. The molecule has 0 atom stereocenters. The second kappa shape index (κ2) is 6.99. The third-order valence-corrected chi connectivity index (χ3v) is 3.40. The van der Waals surface area contributed by atoms with Gasteiger partial charge in [-0.2, -0.15) is 0 Å². The summed E-state index contributed by atoms with van der Waals surface area (Å²) in [6.07, 6.45) is 3.37. The zero-order valence-corrected chi connectivity index (χ0v) is 12.0. The van der Waals surface area contributed by atoms with Gasteiger partial charge in [0.15, 0.2) is 12.4 Å². The van der Waals surface area contributed by atoms with Gasteiger partial charge in [-0.1, -0.05) is 0 Å². The number of esters is 1. The van der Waals surface area contributed by atoms with Crippen LogP contribution in [0.1, 0.15) is 20.7 Å². The molecule has 2 rings (SSSR count). The number of ketones is 1. The minimum atomic E-state index is -0.608. The van der Waals surface area contributed by atoms with Crippen LogP contribution in [0.3, 0.4) is 0 Å². The van der Waals surface area contributed by atoms with E-state index in [2.05, 4.69) is 4.98 Å². The van der Waals surface area contributed by atoms with Crippen LogP contribution in [0, 0.1) is 5.82 Å². The van der Waals surface area contributed by atoms with Crippen molar-refractivity contribution in [2.75, 3.05) is 12.9 Å². The lowest BCUT2D eigenvalue weighted by molar-refractivity contribution is 0.0470. The maximum absolute atomic E-state index is 12.8. The molecule has 1 heterocycles. The average Bonchev–Trinajstić information content (AvgIpc) is 2.52. The normalized spacial score (nSPS) is 10.2. The number of aromatic nitrogens is 1. The van der Waals surface area contributed by atoms with Crippen molar-refractivity contribution in [1.82, 2.24) is 4.98 Å². The molecule has 1 aromatic carbocycles. The van der Waals surface area contributed by atoms with Gasteiger partial charge in [-0.25, -0.2) is 14.2 Å². The Balaban J connectivity index is 2.01. The molecule has 0 aliphatic rings. The number of Topliss-reactive ketones (excluding diaryl/α,β-unsaturated/α-hetero) is 1. The Kier molecular flexibility index (Phi) is 5.05. The topological polar surface area (TPSA) is 56.3 Å². The summed E-state index contributed by atoms with van der Waals surface area (Å²) in [5.41, 5.74) is 0.609. The van der Waals surface area contributed by atoms with E-state index in [1.165, 1.54) is 36.0 Å². The molecule has 0 amide bonds. The van der Waals surface area contributed by atoms with Gasteiger partial charge in [-0.15, -0.1) is 11.8 Å². The molecule has 1 aromatic heterocycles. The number of carbonyl (C=O) groups is 2. The summed E-state index contributed by atoms with van der Waals surface area (Å²) in [5.74, 6) is -1.43. The van der Waals surface area contributed by atoms with Crippen molar-refractivity contribution < 1.29 is 18.7 Å². The minimum Gasteiger partial charge on any atom is -0.454 e. The van der Waals surface area contributed by atoms with Crippen LogP contribution in [0.5, 0.6) is 0 Å². The van der Waals surface area contributed by atoms with Crippen molar-refractivity contribution in [3.05, 3.63) is 59.5 Å². The van der Waals surface area contributed by atoms with Crippen molar-refractivity contribution in [2.45, 2.75) is 5.03 Å². The van der Waals surface area contributed by atoms with Crippen molar-refractivity contribution in [3.63, 3.8) is 0 Å². The molecule has 0 saturated carbocycles. The summed E-state index contributed by atoms with van der Waals surface area (Å²) in [6, 6.07) is 8.28. The first kappa shape index (κ1) is 15.2. The maximum Gasteiger partial charge on any atom is 0.341 e. The molecular formula is C15H12FNO3S. The standard InChI is InChI=1S/C15H12FNO3S/c1-21-14-12(3-2-8-17-14)15(19)20-9-13(18)10-4-6-11(16)7-5-10/h2-8H,9H2,1H3.